The van der Waals surface area contributed by atoms with Crippen molar-refractivity contribution >= 4 is 29.1 Å². The number of hydrogen-bond donors (Lipinski definition) is 1. The Morgan fingerprint density at radius 1 is 1.12 bits per heavy atom. The highest BCUT2D eigenvalue weighted by Crippen LogP contribution is 2.41. The molecule has 0 aromatic heterocycles. The van der Waals surface area contributed by atoms with Crippen molar-refractivity contribution in [1.29, 1.82) is 0 Å². The minimum Gasteiger partial charge on any atom is -0.507 e. The Balaban J connectivity index is 2.24. The lowest BCUT2D eigenvalue weighted by atomic mass is 9.95. The monoisotopic (exact) mass is 353 g/mol. The molecule has 2 aromatic carbocycles. The fourth-order valence-corrected chi connectivity index (χ4v) is 3.22. The van der Waals surface area contributed by atoms with Crippen molar-refractivity contribution in [2.24, 2.45) is 0 Å². The molecule has 126 valence electrons. The van der Waals surface area contributed by atoms with Gasteiger partial charge in [-0.2, -0.15) is 0 Å². The lowest BCUT2D eigenvalue weighted by molar-refractivity contribution is -0.139. The first-order valence-corrected chi connectivity index (χ1v) is 8.13. The van der Waals surface area contributed by atoms with Crippen molar-refractivity contribution < 1.29 is 14.7 Å². The zero-order valence-corrected chi connectivity index (χ0v) is 14.1. The van der Waals surface area contributed by atoms with E-state index in [2.05, 4.69) is 6.58 Å². The number of rotatable bonds is 4. The first-order valence-electron chi connectivity index (χ1n) is 7.75. The molecule has 4 nitrogen and oxygen atoms in total. The van der Waals surface area contributed by atoms with Crippen molar-refractivity contribution in [2.45, 2.75) is 6.04 Å². The van der Waals surface area contributed by atoms with Gasteiger partial charge in [0.1, 0.15) is 5.76 Å². The van der Waals surface area contributed by atoms with E-state index in [-0.39, 0.29) is 17.9 Å². The van der Waals surface area contributed by atoms with Gasteiger partial charge in [0.15, 0.2) is 0 Å². The lowest BCUT2D eigenvalue weighted by Gasteiger charge is -2.24. The van der Waals surface area contributed by atoms with Crippen molar-refractivity contribution in [3.05, 3.63) is 89.0 Å². The molecule has 5 heteroatoms. The van der Waals surface area contributed by atoms with Crippen LogP contribution in [0.15, 0.2) is 72.8 Å². The maximum absolute atomic E-state index is 12.6. The van der Waals surface area contributed by atoms with Crippen LogP contribution in [0.25, 0.3) is 5.76 Å². The Kier molecular flexibility index (Phi) is 4.72. The SMILES string of the molecule is C=CCN1C(=O)C(=O)/C(=C(\O)c2ccccc2)C1c1ccccc1Cl. The van der Waals surface area contributed by atoms with Gasteiger partial charge in [-0.25, -0.2) is 0 Å². The van der Waals surface area contributed by atoms with Gasteiger partial charge in [-0.1, -0.05) is 66.2 Å². The second kappa shape index (κ2) is 6.95. The second-order valence-corrected chi connectivity index (χ2v) is 6.03. The highest BCUT2D eigenvalue weighted by molar-refractivity contribution is 6.47. The third-order valence-corrected chi connectivity index (χ3v) is 4.46. The zero-order chi connectivity index (χ0) is 18.0. The van der Waals surface area contributed by atoms with Crippen LogP contribution in [0.1, 0.15) is 17.2 Å². The summed E-state index contributed by atoms with van der Waals surface area (Å²) in [5.74, 6) is -1.62. The van der Waals surface area contributed by atoms with Crippen LogP contribution in [0.4, 0.5) is 0 Å². The number of amides is 1. The molecular formula is C20H16ClNO3. The largest absolute Gasteiger partial charge is 0.507 e. The van der Waals surface area contributed by atoms with Crippen LogP contribution in [0.2, 0.25) is 5.02 Å². The number of carbonyl (C=O) groups excluding carboxylic acids is 2. The molecule has 0 radical (unpaired) electrons. The summed E-state index contributed by atoms with van der Waals surface area (Å²) in [6, 6.07) is 14.9. The first-order chi connectivity index (χ1) is 12.1. The van der Waals surface area contributed by atoms with Gasteiger partial charge in [0, 0.05) is 17.1 Å². The standard InChI is InChI=1S/C20H16ClNO3/c1-2-12-22-17(14-10-6-7-11-15(14)21)16(19(24)20(22)25)18(23)13-8-4-3-5-9-13/h2-11,17,23H,1,12H2/b18-16-. The van der Waals surface area contributed by atoms with Crippen molar-refractivity contribution in [2.75, 3.05) is 6.54 Å². The second-order valence-electron chi connectivity index (χ2n) is 5.63. The maximum Gasteiger partial charge on any atom is 0.295 e. The van der Waals surface area contributed by atoms with E-state index in [1.54, 1.807) is 54.6 Å². The number of nitrogens with zero attached hydrogens (tertiary/aromatic N) is 1. The van der Waals surface area contributed by atoms with Gasteiger partial charge in [-0.05, 0) is 11.6 Å². The molecule has 1 amide bonds. The van der Waals surface area contributed by atoms with Gasteiger partial charge in [0.25, 0.3) is 11.7 Å². The highest BCUT2D eigenvalue weighted by atomic mass is 35.5. The van der Waals surface area contributed by atoms with E-state index in [4.69, 9.17) is 11.6 Å². The van der Waals surface area contributed by atoms with E-state index in [9.17, 15) is 14.7 Å². The maximum atomic E-state index is 12.6. The van der Waals surface area contributed by atoms with E-state index in [1.807, 2.05) is 0 Å². The van der Waals surface area contributed by atoms with Crippen LogP contribution in [-0.4, -0.2) is 28.2 Å². The summed E-state index contributed by atoms with van der Waals surface area (Å²) >= 11 is 6.30. The summed E-state index contributed by atoms with van der Waals surface area (Å²) in [6.07, 6.45) is 1.54. The van der Waals surface area contributed by atoms with E-state index in [0.717, 1.165) is 0 Å². The predicted molar refractivity (Wildman–Crippen MR) is 97.1 cm³/mol. The molecular weight excluding hydrogens is 338 g/mol. The molecule has 1 atom stereocenters. The normalized spacial score (nSPS) is 19.2. The lowest BCUT2D eigenvalue weighted by Crippen LogP contribution is -2.29. The Morgan fingerprint density at radius 3 is 2.40 bits per heavy atom. The van der Waals surface area contributed by atoms with Crippen LogP contribution < -0.4 is 0 Å². The highest BCUT2D eigenvalue weighted by Gasteiger charge is 2.46. The topological polar surface area (TPSA) is 57.6 Å². The van der Waals surface area contributed by atoms with Gasteiger partial charge >= 0.3 is 0 Å². The van der Waals surface area contributed by atoms with Gasteiger partial charge in [0.2, 0.25) is 0 Å². The molecule has 1 saturated heterocycles. The van der Waals surface area contributed by atoms with Gasteiger partial charge in [-0.15, -0.1) is 6.58 Å². The molecule has 0 aliphatic carbocycles. The quantitative estimate of drug-likeness (QED) is 0.392. The van der Waals surface area contributed by atoms with E-state index in [0.29, 0.717) is 16.1 Å². The molecule has 0 spiro atoms. The van der Waals surface area contributed by atoms with Crippen LogP contribution in [0.3, 0.4) is 0 Å². The predicted octanol–water partition coefficient (Wildman–Crippen LogP) is 3.95. The minimum absolute atomic E-state index is 0.0335. The number of hydrogen-bond acceptors (Lipinski definition) is 3. The minimum atomic E-state index is -0.757. The number of halogens is 1. The number of aliphatic hydroxyl groups excluding tert-OH is 1. The Hall–Kier alpha value is -2.85. The van der Waals surface area contributed by atoms with Crippen LogP contribution in [-0.2, 0) is 9.59 Å². The fraction of sp³-hybridized carbons (Fsp3) is 0.100. The summed E-state index contributed by atoms with van der Waals surface area (Å²) in [4.78, 5) is 26.5. The average molecular weight is 354 g/mol. The molecule has 1 aliphatic rings. The fourth-order valence-electron chi connectivity index (χ4n) is 2.98. The van der Waals surface area contributed by atoms with Crippen molar-refractivity contribution in [3.8, 4) is 0 Å². The number of Topliss-reactive ketones (excluding diaryl/α,β-unsaturated/α-hetero) is 1. The Morgan fingerprint density at radius 2 is 1.76 bits per heavy atom. The third-order valence-electron chi connectivity index (χ3n) is 4.11. The van der Waals surface area contributed by atoms with Gasteiger partial charge in [-0.3, -0.25) is 9.59 Å². The first kappa shape index (κ1) is 17.0. The van der Waals surface area contributed by atoms with Crippen LogP contribution in [0, 0.1) is 0 Å². The van der Waals surface area contributed by atoms with Crippen molar-refractivity contribution in [3.63, 3.8) is 0 Å². The summed E-state index contributed by atoms with van der Waals surface area (Å²) < 4.78 is 0. The summed E-state index contributed by atoms with van der Waals surface area (Å²) in [7, 11) is 0. The molecule has 1 aliphatic heterocycles. The van der Waals surface area contributed by atoms with Gasteiger partial charge in [0.05, 0.1) is 11.6 Å². The number of benzene rings is 2. The van der Waals surface area contributed by atoms with Crippen LogP contribution >= 0.6 is 11.6 Å². The number of likely N-dealkylation sites (tertiary alicyclic amines) is 1. The molecule has 1 unspecified atom stereocenters. The molecule has 0 bridgehead atoms. The molecule has 1 N–H and O–H groups in total. The van der Waals surface area contributed by atoms with E-state index >= 15 is 0 Å². The summed E-state index contributed by atoms with van der Waals surface area (Å²) in [5, 5.41) is 11.1. The Bertz CT molecular complexity index is 874. The number of ketones is 1. The summed E-state index contributed by atoms with van der Waals surface area (Å²) in [5.41, 5.74) is 1.09. The number of aliphatic hydroxyl groups is 1. The van der Waals surface area contributed by atoms with Crippen molar-refractivity contribution in [1.82, 2.24) is 4.90 Å². The molecule has 25 heavy (non-hydrogen) atoms. The molecule has 0 saturated carbocycles. The van der Waals surface area contributed by atoms with Gasteiger partial charge < -0.3 is 10.0 Å². The third kappa shape index (κ3) is 2.96. The zero-order valence-electron chi connectivity index (χ0n) is 13.4. The average Bonchev–Trinajstić information content (AvgIpc) is 2.87. The summed E-state index contributed by atoms with van der Waals surface area (Å²) in [6.45, 7) is 3.82. The van der Waals surface area contributed by atoms with Crippen LogP contribution in [0.5, 0.6) is 0 Å². The molecule has 1 fully saturated rings. The molecule has 3 rings (SSSR count). The van der Waals surface area contributed by atoms with E-state index in [1.165, 1.54) is 11.0 Å². The van der Waals surface area contributed by atoms with E-state index < -0.39 is 17.7 Å². The molecule has 1 heterocycles. The molecule has 2 aromatic rings. The Labute approximate surface area is 150 Å². The number of carbonyl (C=O) groups is 2. The smallest absolute Gasteiger partial charge is 0.295 e.